The summed E-state index contributed by atoms with van der Waals surface area (Å²) in [6.45, 7) is 0.749. The summed E-state index contributed by atoms with van der Waals surface area (Å²) in [4.78, 5) is 1.93. The van der Waals surface area contributed by atoms with Crippen LogP contribution in [0.5, 0.6) is 0 Å². The lowest BCUT2D eigenvalue weighted by molar-refractivity contribution is 0.545. The summed E-state index contributed by atoms with van der Waals surface area (Å²) in [7, 11) is 3.83. The zero-order valence-electron chi connectivity index (χ0n) is 12.3. The summed E-state index contributed by atoms with van der Waals surface area (Å²) in [5, 5.41) is 4.02. The van der Waals surface area contributed by atoms with Crippen molar-refractivity contribution >= 4 is 17.3 Å². The maximum Gasteiger partial charge on any atom is 0.146 e. The van der Waals surface area contributed by atoms with Crippen LogP contribution < -0.4 is 10.2 Å². The Hall–Kier alpha value is -1.58. The molecule has 0 bridgehead atoms. The van der Waals surface area contributed by atoms with E-state index in [0.717, 1.165) is 23.6 Å². The van der Waals surface area contributed by atoms with Crippen LogP contribution >= 0.6 is 11.6 Å². The average Bonchev–Trinajstić information content (AvgIpc) is 2.48. The lowest BCUT2D eigenvalue weighted by atomic mass is 10.0. The van der Waals surface area contributed by atoms with E-state index in [0.29, 0.717) is 5.69 Å². The molecule has 0 fully saturated rings. The Kier molecular flexibility index (Phi) is 5.59. The largest absolute Gasteiger partial charge is 0.372 e. The Morgan fingerprint density at radius 2 is 1.95 bits per heavy atom. The fraction of sp³-hybridized carbons (Fsp3) is 0.294. The van der Waals surface area contributed by atoms with Crippen LogP contribution in [0.3, 0.4) is 0 Å². The fourth-order valence-electron chi connectivity index (χ4n) is 2.41. The number of nitrogens with one attached hydrogen (secondary N) is 1. The molecular formula is C17H20ClFN2. The summed E-state index contributed by atoms with van der Waals surface area (Å²) in [5.74, 6) is -0.191. The van der Waals surface area contributed by atoms with Gasteiger partial charge >= 0.3 is 0 Å². The average molecular weight is 307 g/mol. The first-order valence-corrected chi connectivity index (χ1v) is 7.38. The van der Waals surface area contributed by atoms with Crippen molar-refractivity contribution in [3.8, 4) is 0 Å². The molecule has 0 saturated carbocycles. The topological polar surface area (TPSA) is 15.3 Å². The molecular weight excluding hydrogens is 287 g/mol. The van der Waals surface area contributed by atoms with Gasteiger partial charge in [-0.15, -0.1) is 0 Å². The molecule has 2 aromatic rings. The third kappa shape index (κ3) is 4.19. The molecule has 1 atom stereocenters. The number of nitrogens with zero attached hydrogens (tertiary/aromatic N) is 1. The van der Waals surface area contributed by atoms with Gasteiger partial charge in [-0.1, -0.05) is 35.9 Å². The molecule has 0 amide bonds. The van der Waals surface area contributed by atoms with Crippen LogP contribution in [0.1, 0.15) is 18.0 Å². The highest BCUT2D eigenvalue weighted by Gasteiger charge is 2.12. The van der Waals surface area contributed by atoms with E-state index in [9.17, 15) is 4.39 Å². The van der Waals surface area contributed by atoms with E-state index in [-0.39, 0.29) is 11.9 Å². The van der Waals surface area contributed by atoms with Gasteiger partial charge in [0, 0.05) is 24.7 Å². The third-order valence-corrected chi connectivity index (χ3v) is 3.85. The van der Waals surface area contributed by atoms with Gasteiger partial charge in [-0.05, 0) is 43.3 Å². The number of benzene rings is 2. The van der Waals surface area contributed by atoms with Gasteiger partial charge in [0.05, 0.1) is 5.69 Å². The predicted octanol–water partition coefficient (Wildman–Crippen LogP) is 4.27. The lowest BCUT2D eigenvalue weighted by Crippen LogP contribution is -2.25. The van der Waals surface area contributed by atoms with Crippen LogP contribution in [0.25, 0.3) is 0 Å². The van der Waals surface area contributed by atoms with Crippen molar-refractivity contribution in [2.75, 3.05) is 25.5 Å². The van der Waals surface area contributed by atoms with Crippen molar-refractivity contribution in [1.29, 1.82) is 0 Å². The SMILES string of the molecule is CNC(CCN(C)c1ccccc1F)c1cccc(Cl)c1. The summed E-state index contributed by atoms with van der Waals surface area (Å²) in [6, 6.07) is 14.9. The third-order valence-electron chi connectivity index (χ3n) is 3.62. The van der Waals surface area contributed by atoms with Gasteiger partial charge in [-0.25, -0.2) is 4.39 Å². The smallest absolute Gasteiger partial charge is 0.146 e. The van der Waals surface area contributed by atoms with Gasteiger partial charge in [-0.3, -0.25) is 0 Å². The monoisotopic (exact) mass is 306 g/mol. The molecule has 0 aliphatic heterocycles. The Labute approximate surface area is 130 Å². The van der Waals surface area contributed by atoms with Gasteiger partial charge < -0.3 is 10.2 Å². The van der Waals surface area contributed by atoms with E-state index in [1.165, 1.54) is 6.07 Å². The van der Waals surface area contributed by atoms with Gasteiger partial charge in [-0.2, -0.15) is 0 Å². The van der Waals surface area contributed by atoms with Crippen LogP contribution in [0, 0.1) is 5.82 Å². The van der Waals surface area contributed by atoms with Crippen LogP contribution in [-0.2, 0) is 0 Å². The molecule has 0 aliphatic rings. The van der Waals surface area contributed by atoms with E-state index in [4.69, 9.17) is 11.6 Å². The lowest BCUT2D eigenvalue weighted by Gasteiger charge is -2.24. The standard InChI is InChI=1S/C17H20ClFN2/c1-20-16(13-6-5-7-14(18)12-13)10-11-21(2)17-9-4-3-8-15(17)19/h3-9,12,16,20H,10-11H2,1-2H3. The van der Waals surface area contributed by atoms with Crippen LogP contribution in [-0.4, -0.2) is 20.6 Å². The number of rotatable bonds is 6. The summed E-state index contributed by atoms with van der Waals surface area (Å²) >= 11 is 6.04. The van der Waals surface area contributed by atoms with Crippen LogP contribution in [0.4, 0.5) is 10.1 Å². The molecule has 0 heterocycles. The van der Waals surface area contributed by atoms with Crippen molar-refractivity contribution in [2.45, 2.75) is 12.5 Å². The molecule has 1 N–H and O–H groups in total. The van der Waals surface area contributed by atoms with E-state index in [1.54, 1.807) is 12.1 Å². The molecule has 0 saturated heterocycles. The van der Waals surface area contributed by atoms with Crippen LogP contribution in [0.15, 0.2) is 48.5 Å². The van der Waals surface area contributed by atoms with E-state index in [1.807, 2.05) is 43.3 Å². The second-order valence-electron chi connectivity index (χ2n) is 5.06. The Morgan fingerprint density at radius 1 is 1.19 bits per heavy atom. The molecule has 2 aromatic carbocycles. The Balaban J connectivity index is 2.02. The second kappa shape index (κ2) is 7.43. The first-order chi connectivity index (χ1) is 10.1. The zero-order valence-corrected chi connectivity index (χ0v) is 13.1. The molecule has 0 spiro atoms. The normalized spacial score (nSPS) is 12.2. The van der Waals surface area contributed by atoms with Gasteiger partial charge in [0.2, 0.25) is 0 Å². The highest BCUT2D eigenvalue weighted by Crippen LogP contribution is 2.22. The quantitative estimate of drug-likeness (QED) is 0.857. The molecule has 0 radical (unpaired) electrons. The first-order valence-electron chi connectivity index (χ1n) is 7.00. The highest BCUT2D eigenvalue weighted by molar-refractivity contribution is 6.30. The van der Waals surface area contributed by atoms with E-state index in [2.05, 4.69) is 11.4 Å². The summed E-state index contributed by atoms with van der Waals surface area (Å²) < 4.78 is 13.7. The fourth-order valence-corrected chi connectivity index (χ4v) is 2.60. The Morgan fingerprint density at radius 3 is 2.62 bits per heavy atom. The molecule has 2 rings (SSSR count). The minimum absolute atomic E-state index is 0.191. The molecule has 2 nitrogen and oxygen atoms in total. The van der Waals surface area contributed by atoms with E-state index >= 15 is 0 Å². The second-order valence-corrected chi connectivity index (χ2v) is 5.49. The zero-order chi connectivity index (χ0) is 15.2. The van der Waals surface area contributed by atoms with Gasteiger partial charge in [0.1, 0.15) is 5.82 Å². The molecule has 1 unspecified atom stereocenters. The number of halogens is 2. The van der Waals surface area contributed by atoms with Crippen LogP contribution in [0.2, 0.25) is 5.02 Å². The molecule has 21 heavy (non-hydrogen) atoms. The summed E-state index contributed by atoms with van der Waals surface area (Å²) in [6.07, 6.45) is 0.863. The number of hydrogen-bond donors (Lipinski definition) is 1. The maximum absolute atomic E-state index is 13.7. The molecule has 0 aliphatic carbocycles. The first kappa shape index (κ1) is 15.8. The van der Waals surface area contributed by atoms with Crippen molar-refractivity contribution in [3.05, 3.63) is 64.9 Å². The Bertz CT molecular complexity index is 589. The maximum atomic E-state index is 13.7. The van der Waals surface area contributed by atoms with Crippen molar-refractivity contribution in [1.82, 2.24) is 5.32 Å². The van der Waals surface area contributed by atoms with Gasteiger partial charge in [0.25, 0.3) is 0 Å². The van der Waals surface area contributed by atoms with Crippen molar-refractivity contribution in [2.24, 2.45) is 0 Å². The van der Waals surface area contributed by atoms with Gasteiger partial charge in [0.15, 0.2) is 0 Å². The minimum Gasteiger partial charge on any atom is -0.372 e. The predicted molar refractivity (Wildman–Crippen MR) is 87.5 cm³/mol. The van der Waals surface area contributed by atoms with Crippen molar-refractivity contribution in [3.63, 3.8) is 0 Å². The summed E-state index contributed by atoms with van der Waals surface area (Å²) in [5.41, 5.74) is 1.77. The minimum atomic E-state index is -0.191. The number of para-hydroxylation sites is 1. The molecule has 0 aromatic heterocycles. The molecule has 4 heteroatoms. The van der Waals surface area contributed by atoms with Crippen molar-refractivity contribution < 1.29 is 4.39 Å². The number of hydrogen-bond acceptors (Lipinski definition) is 2. The van der Waals surface area contributed by atoms with E-state index < -0.39 is 0 Å². The number of anilines is 1. The molecule has 112 valence electrons. The highest BCUT2D eigenvalue weighted by atomic mass is 35.5.